The van der Waals surface area contributed by atoms with E-state index in [4.69, 9.17) is 4.74 Å². The van der Waals surface area contributed by atoms with Gasteiger partial charge in [-0.15, -0.1) is 11.3 Å². The zero-order chi connectivity index (χ0) is 17.6. The maximum Gasteiger partial charge on any atom is 0.331 e. The van der Waals surface area contributed by atoms with E-state index in [1.807, 2.05) is 36.6 Å². The Kier molecular flexibility index (Phi) is 5.36. The zero-order valence-corrected chi connectivity index (χ0v) is 14.4. The Bertz CT molecular complexity index is 900. The van der Waals surface area contributed by atoms with E-state index in [1.165, 1.54) is 41.2 Å². The third-order valence-electron chi connectivity index (χ3n) is 3.47. The van der Waals surface area contributed by atoms with Gasteiger partial charge < -0.3 is 4.74 Å². The van der Waals surface area contributed by atoms with Crippen LogP contribution in [-0.2, 0) is 16.1 Å². The molecule has 0 spiro atoms. The van der Waals surface area contributed by atoms with Crippen molar-refractivity contribution >= 4 is 23.4 Å². The van der Waals surface area contributed by atoms with Crippen LogP contribution in [-0.4, -0.2) is 11.0 Å². The first-order valence-corrected chi connectivity index (χ1v) is 8.60. The topological polar surface area (TPSA) is 39.2 Å². The summed E-state index contributed by atoms with van der Waals surface area (Å²) < 4.78 is 18.2. The summed E-state index contributed by atoms with van der Waals surface area (Å²) in [6, 6.07) is 14.1. The molecule has 0 radical (unpaired) electrons. The van der Waals surface area contributed by atoms with Gasteiger partial charge in [0.1, 0.15) is 17.4 Å². The van der Waals surface area contributed by atoms with Crippen LogP contribution in [0.1, 0.15) is 16.8 Å². The quantitative estimate of drug-likeness (QED) is 0.478. The van der Waals surface area contributed by atoms with Gasteiger partial charge in [0.15, 0.2) is 0 Å². The van der Waals surface area contributed by atoms with Gasteiger partial charge in [-0.05, 0) is 30.7 Å². The molecule has 0 N–H and O–H groups in total. The standard InChI is InChI=1S/C20H16FNO2S/c1-14-5-8-16(9-6-14)20-22-18(13-25-20)12-24-19(23)10-7-15-3-2-4-17(21)11-15/h2-11,13H,12H2,1H3/b10-7+. The van der Waals surface area contributed by atoms with E-state index in [2.05, 4.69) is 4.98 Å². The number of hydrogen-bond acceptors (Lipinski definition) is 4. The molecule has 0 saturated heterocycles. The van der Waals surface area contributed by atoms with Gasteiger partial charge in [0.2, 0.25) is 0 Å². The molecule has 3 nitrogen and oxygen atoms in total. The minimum Gasteiger partial charge on any atom is -0.456 e. The molecule has 3 rings (SSSR count). The molecule has 0 fully saturated rings. The lowest BCUT2D eigenvalue weighted by Gasteiger charge is -1.99. The Labute approximate surface area is 149 Å². The van der Waals surface area contributed by atoms with E-state index < -0.39 is 5.97 Å². The normalized spacial score (nSPS) is 11.0. The summed E-state index contributed by atoms with van der Waals surface area (Å²) in [5, 5.41) is 2.76. The molecule has 0 aliphatic carbocycles. The Morgan fingerprint density at radius 1 is 1.24 bits per heavy atom. The fourth-order valence-corrected chi connectivity index (χ4v) is 2.98. The number of nitrogens with zero attached hydrogens (tertiary/aromatic N) is 1. The second-order valence-corrected chi connectivity index (χ2v) is 6.36. The van der Waals surface area contributed by atoms with Gasteiger partial charge in [-0.3, -0.25) is 0 Å². The zero-order valence-electron chi connectivity index (χ0n) is 13.6. The summed E-state index contributed by atoms with van der Waals surface area (Å²) >= 11 is 1.51. The summed E-state index contributed by atoms with van der Waals surface area (Å²) in [5.41, 5.74) is 3.54. The highest BCUT2D eigenvalue weighted by Gasteiger charge is 2.06. The Morgan fingerprint density at radius 2 is 2.04 bits per heavy atom. The van der Waals surface area contributed by atoms with Crippen molar-refractivity contribution < 1.29 is 13.9 Å². The first-order chi connectivity index (χ1) is 12.1. The second kappa shape index (κ2) is 7.85. The van der Waals surface area contributed by atoms with Gasteiger partial charge in [-0.25, -0.2) is 14.2 Å². The lowest BCUT2D eigenvalue weighted by atomic mass is 10.2. The third kappa shape index (κ3) is 4.84. The SMILES string of the molecule is Cc1ccc(-c2nc(COC(=O)/C=C/c3cccc(F)c3)cs2)cc1. The number of halogens is 1. The Hall–Kier alpha value is -2.79. The fourth-order valence-electron chi connectivity index (χ4n) is 2.17. The van der Waals surface area contributed by atoms with Crippen LogP contribution in [0, 0.1) is 12.7 Å². The van der Waals surface area contributed by atoms with Crippen LogP contribution in [0.2, 0.25) is 0 Å². The molecule has 3 aromatic rings. The molecule has 0 saturated carbocycles. The Balaban J connectivity index is 1.56. The van der Waals surface area contributed by atoms with Crippen LogP contribution in [0.15, 0.2) is 60.0 Å². The highest BCUT2D eigenvalue weighted by molar-refractivity contribution is 7.13. The molecule has 1 aromatic heterocycles. The van der Waals surface area contributed by atoms with Crippen LogP contribution < -0.4 is 0 Å². The summed E-state index contributed by atoms with van der Waals surface area (Å²) in [7, 11) is 0. The smallest absolute Gasteiger partial charge is 0.331 e. The predicted octanol–water partition coefficient (Wildman–Crippen LogP) is 5.01. The van der Waals surface area contributed by atoms with Crippen LogP contribution >= 0.6 is 11.3 Å². The van der Waals surface area contributed by atoms with Crippen molar-refractivity contribution in [1.29, 1.82) is 0 Å². The number of ether oxygens (including phenoxy) is 1. The number of carbonyl (C=O) groups excluding carboxylic acids is 1. The van der Waals surface area contributed by atoms with Crippen molar-refractivity contribution in [2.75, 3.05) is 0 Å². The minimum atomic E-state index is -0.492. The highest BCUT2D eigenvalue weighted by atomic mass is 32.1. The van der Waals surface area contributed by atoms with E-state index in [1.54, 1.807) is 12.1 Å². The van der Waals surface area contributed by atoms with Gasteiger partial charge >= 0.3 is 5.97 Å². The van der Waals surface area contributed by atoms with E-state index in [-0.39, 0.29) is 12.4 Å². The van der Waals surface area contributed by atoms with Crippen LogP contribution in [0.5, 0.6) is 0 Å². The van der Waals surface area contributed by atoms with Gasteiger partial charge in [0.05, 0.1) is 5.69 Å². The van der Waals surface area contributed by atoms with Gasteiger partial charge in [0.25, 0.3) is 0 Å². The molecular weight excluding hydrogens is 337 g/mol. The van der Waals surface area contributed by atoms with Crippen molar-refractivity contribution in [2.45, 2.75) is 13.5 Å². The van der Waals surface area contributed by atoms with Crippen molar-refractivity contribution in [3.8, 4) is 10.6 Å². The van der Waals surface area contributed by atoms with E-state index in [0.717, 1.165) is 10.6 Å². The number of thiazole rings is 1. The molecule has 0 unspecified atom stereocenters. The van der Waals surface area contributed by atoms with Gasteiger partial charge in [-0.2, -0.15) is 0 Å². The van der Waals surface area contributed by atoms with Crippen molar-refractivity contribution in [1.82, 2.24) is 4.98 Å². The molecule has 1 heterocycles. The fraction of sp³-hybridized carbons (Fsp3) is 0.100. The van der Waals surface area contributed by atoms with Gasteiger partial charge in [-0.1, -0.05) is 42.0 Å². The number of aryl methyl sites for hydroxylation is 1. The third-order valence-corrected chi connectivity index (χ3v) is 4.41. The van der Waals surface area contributed by atoms with E-state index >= 15 is 0 Å². The summed E-state index contributed by atoms with van der Waals surface area (Å²) in [6.45, 7) is 2.14. The van der Waals surface area contributed by atoms with Crippen molar-refractivity contribution in [2.24, 2.45) is 0 Å². The second-order valence-electron chi connectivity index (χ2n) is 5.51. The van der Waals surface area contributed by atoms with Crippen LogP contribution in [0.3, 0.4) is 0 Å². The molecule has 0 amide bonds. The van der Waals surface area contributed by atoms with Crippen molar-refractivity contribution in [3.05, 3.63) is 82.6 Å². The Morgan fingerprint density at radius 3 is 2.80 bits per heavy atom. The molecule has 5 heteroatoms. The molecule has 0 aliphatic heterocycles. The van der Waals surface area contributed by atoms with Crippen LogP contribution in [0.4, 0.5) is 4.39 Å². The lowest BCUT2D eigenvalue weighted by Crippen LogP contribution is -2.01. The number of carbonyl (C=O) groups is 1. The first-order valence-electron chi connectivity index (χ1n) is 7.72. The van der Waals surface area contributed by atoms with E-state index in [0.29, 0.717) is 11.3 Å². The number of benzene rings is 2. The minimum absolute atomic E-state index is 0.106. The number of rotatable bonds is 5. The molecule has 0 bridgehead atoms. The monoisotopic (exact) mass is 353 g/mol. The average Bonchev–Trinajstić information content (AvgIpc) is 3.08. The maximum atomic E-state index is 13.1. The number of esters is 1. The summed E-state index contributed by atoms with van der Waals surface area (Å²) in [6.07, 6.45) is 2.80. The number of aromatic nitrogens is 1. The first kappa shape index (κ1) is 17.0. The van der Waals surface area contributed by atoms with E-state index in [9.17, 15) is 9.18 Å². The molecule has 2 aromatic carbocycles. The largest absolute Gasteiger partial charge is 0.456 e. The number of hydrogen-bond donors (Lipinski definition) is 0. The maximum absolute atomic E-state index is 13.1. The summed E-state index contributed by atoms with van der Waals surface area (Å²) in [5.74, 6) is -0.837. The summed E-state index contributed by atoms with van der Waals surface area (Å²) in [4.78, 5) is 16.2. The lowest BCUT2D eigenvalue weighted by molar-refractivity contribution is -0.139. The van der Waals surface area contributed by atoms with Crippen LogP contribution in [0.25, 0.3) is 16.6 Å². The molecule has 0 atom stereocenters. The van der Waals surface area contributed by atoms with Gasteiger partial charge in [0, 0.05) is 17.0 Å². The molecule has 25 heavy (non-hydrogen) atoms. The predicted molar refractivity (Wildman–Crippen MR) is 97.5 cm³/mol. The molecular formula is C20H16FNO2S. The average molecular weight is 353 g/mol. The molecule has 0 aliphatic rings. The highest BCUT2D eigenvalue weighted by Crippen LogP contribution is 2.24. The van der Waals surface area contributed by atoms with Crippen molar-refractivity contribution in [3.63, 3.8) is 0 Å². The molecule has 126 valence electrons.